The minimum atomic E-state index is -0.973. The number of pyridine rings is 2. The highest BCUT2D eigenvalue weighted by molar-refractivity contribution is 5.89. The normalized spacial score (nSPS) is 10.5. The van der Waals surface area contributed by atoms with Gasteiger partial charge in [0.1, 0.15) is 5.82 Å². The first-order chi connectivity index (χ1) is 10.1. The molecule has 0 amide bonds. The SMILES string of the molecule is Cc1nc(Nc2cnc3ccccc3c2)ccc1C(=O)O. The molecule has 0 unspecified atom stereocenters. The zero-order chi connectivity index (χ0) is 14.8. The van der Waals surface area contributed by atoms with Crippen LogP contribution in [0.1, 0.15) is 16.1 Å². The smallest absolute Gasteiger partial charge is 0.337 e. The Bertz CT molecular complexity index is 831. The van der Waals surface area contributed by atoms with E-state index in [1.807, 2.05) is 30.3 Å². The maximum atomic E-state index is 11.0. The Hall–Kier alpha value is -2.95. The maximum Gasteiger partial charge on any atom is 0.337 e. The van der Waals surface area contributed by atoms with Crippen molar-refractivity contribution in [2.24, 2.45) is 0 Å². The fraction of sp³-hybridized carbons (Fsp3) is 0.0625. The van der Waals surface area contributed by atoms with Gasteiger partial charge in [0.2, 0.25) is 0 Å². The second-order valence-corrected chi connectivity index (χ2v) is 4.68. The molecule has 3 aromatic rings. The monoisotopic (exact) mass is 279 g/mol. The second-order valence-electron chi connectivity index (χ2n) is 4.68. The molecule has 0 aliphatic heterocycles. The number of hydrogen-bond donors (Lipinski definition) is 2. The lowest BCUT2D eigenvalue weighted by atomic mass is 10.2. The van der Waals surface area contributed by atoms with E-state index in [9.17, 15) is 4.79 Å². The summed E-state index contributed by atoms with van der Waals surface area (Å²) in [6.07, 6.45) is 1.73. The molecule has 5 nitrogen and oxygen atoms in total. The molecular formula is C16H13N3O2. The highest BCUT2D eigenvalue weighted by Crippen LogP contribution is 2.20. The molecule has 0 radical (unpaired) electrons. The Labute approximate surface area is 121 Å². The quantitative estimate of drug-likeness (QED) is 0.768. The number of aromatic nitrogens is 2. The van der Waals surface area contributed by atoms with Crippen molar-refractivity contribution < 1.29 is 9.90 Å². The average Bonchev–Trinajstić information content (AvgIpc) is 2.47. The van der Waals surface area contributed by atoms with Gasteiger partial charge in [0.15, 0.2) is 0 Å². The number of nitrogens with one attached hydrogen (secondary N) is 1. The molecule has 0 aliphatic rings. The molecule has 5 heteroatoms. The van der Waals surface area contributed by atoms with Crippen molar-refractivity contribution in [2.45, 2.75) is 6.92 Å². The number of aryl methyl sites for hydroxylation is 1. The second kappa shape index (κ2) is 5.20. The minimum absolute atomic E-state index is 0.206. The summed E-state index contributed by atoms with van der Waals surface area (Å²) in [6, 6.07) is 13.0. The van der Waals surface area contributed by atoms with Gasteiger partial charge in [0.05, 0.1) is 28.7 Å². The summed E-state index contributed by atoms with van der Waals surface area (Å²) < 4.78 is 0. The number of fused-ring (bicyclic) bond motifs is 1. The lowest BCUT2D eigenvalue weighted by Crippen LogP contribution is -2.03. The largest absolute Gasteiger partial charge is 0.478 e. The number of nitrogens with zero attached hydrogens (tertiary/aromatic N) is 2. The topological polar surface area (TPSA) is 75.1 Å². The third kappa shape index (κ3) is 2.67. The zero-order valence-electron chi connectivity index (χ0n) is 11.4. The third-order valence-electron chi connectivity index (χ3n) is 3.18. The van der Waals surface area contributed by atoms with Crippen molar-refractivity contribution in [3.8, 4) is 0 Å². The van der Waals surface area contributed by atoms with Crippen LogP contribution < -0.4 is 5.32 Å². The number of hydrogen-bond acceptors (Lipinski definition) is 4. The lowest BCUT2D eigenvalue weighted by molar-refractivity contribution is 0.0695. The van der Waals surface area contributed by atoms with Crippen LogP contribution in [0.3, 0.4) is 0 Å². The lowest BCUT2D eigenvalue weighted by Gasteiger charge is -2.08. The van der Waals surface area contributed by atoms with Crippen LogP contribution in [0.25, 0.3) is 10.9 Å². The van der Waals surface area contributed by atoms with Crippen LogP contribution in [0.4, 0.5) is 11.5 Å². The van der Waals surface area contributed by atoms with E-state index in [2.05, 4.69) is 15.3 Å². The van der Waals surface area contributed by atoms with Gasteiger partial charge in [-0.3, -0.25) is 4.98 Å². The minimum Gasteiger partial charge on any atom is -0.478 e. The first-order valence-corrected chi connectivity index (χ1v) is 6.46. The van der Waals surface area contributed by atoms with Crippen LogP contribution in [0, 0.1) is 6.92 Å². The first-order valence-electron chi connectivity index (χ1n) is 6.46. The van der Waals surface area contributed by atoms with E-state index in [1.165, 1.54) is 0 Å². The van der Waals surface area contributed by atoms with Crippen molar-refractivity contribution in [3.05, 3.63) is 59.9 Å². The molecule has 3 rings (SSSR count). The van der Waals surface area contributed by atoms with Crippen LogP contribution in [-0.4, -0.2) is 21.0 Å². The summed E-state index contributed by atoms with van der Waals surface area (Å²) in [4.78, 5) is 19.6. The Morgan fingerprint density at radius 2 is 2.00 bits per heavy atom. The van der Waals surface area contributed by atoms with Gasteiger partial charge in [-0.1, -0.05) is 18.2 Å². The predicted molar refractivity (Wildman–Crippen MR) is 81.0 cm³/mol. The molecule has 2 heterocycles. The van der Waals surface area contributed by atoms with Crippen LogP contribution in [0.2, 0.25) is 0 Å². The predicted octanol–water partition coefficient (Wildman–Crippen LogP) is 3.38. The summed E-state index contributed by atoms with van der Waals surface area (Å²) in [7, 11) is 0. The molecule has 104 valence electrons. The van der Waals surface area contributed by atoms with Gasteiger partial charge in [-0.25, -0.2) is 9.78 Å². The van der Waals surface area contributed by atoms with Crippen molar-refractivity contribution in [1.82, 2.24) is 9.97 Å². The molecule has 21 heavy (non-hydrogen) atoms. The van der Waals surface area contributed by atoms with Gasteiger partial charge in [-0.05, 0) is 31.2 Å². The van der Waals surface area contributed by atoms with Crippen molar-refractivity contribution >= 4 is 28.4 Å². The Balaban J connectivity index is 1.91. The fourth-order valence-electron chi connectivity index (χ4n) is 2.14. The van der Waals surface area contributed by atoms with Gasteiger partial charge >= 0.3 is 5.97 Å². The summed E-state index contributed by atoms with van der Waals surface area (Å²) in [6.45, 7) is 1.67. The molecule has 0 atom stereocenters. The van der Waals surface area contributed by atoms with E-state index in [-0.39, 0.29) is 5.56 Å². The van der Waals surface area contributed by atoms with Gasteiger partial charge in [-0.15, -0.1) is 0 Å². The molecule has 0 fully saturated rings. The molecule has 0 saturated heterocycles. The first kappa shape index (κ1) is 13.1. The summed E-state index contributed by atoms with van der Waals surface area (Å²) in [5, 5.41) is 13.2. The highest BCUT2D eigenvalue weighted by atomic mass is 16.4. The number of rotatable bonds is 3. The van der Waals surface area contributed by atoms with Gasteiger partial charge in [0.25, 0.3) is 0 Å². The van der Waals surface area contributed by atoms with Gasteiger partial charge in [-0.2, -0.15) is 0 Å². The van der Waals surface area contributed by atoms with Gasteiger partial charge in [0, 0.05) is 5.39 Å². The van der Waals surface area contributed by atoms with Crippen LogP contribution in [0.5, 0.6) is 0 Å². The maximum absolute atomic E-state index is 11.0. The summed E-state index contributed by atoms with van der Waals surface area (Å²) in [5.41, 5.74) is 2.41. The number of carboxylic acid groups (broad SMARTS) is 1. The molecule has 2 N–H and O–H groups in total. The summed E-state index contributed by atoms with van der Waals surface area (Å²) >= 11 is 0. The van der Waals surface area contributed by atoms with Gasteiger partial charge < -0.3 is 10.4 Å². The molecular weight excluding hydrogens is 266 g/mol. The number of aromatic carboxylic acids is 1. The van der Waals surface area contributed by atoms with E-state index < -0.39 is 5.97 Å². The van der Waals surface area contributed by atoms with E-state index in [0.717, 1.165) is 16.6 Å². The molecule has 2 aromatic heterocycles. The Kier molecular flexibility index (Phi) is 3.23. The molecule has 0 bridgehead atoms. The Morgan fingerprint density at radius 1 is 1.19 bits per heavy atom. The van der Waals surface area contributed by atoms with Crippen molar-refractivity contribution in [2.75, 3.05) is 5.32 Å². The van der Waals surface area contributed by atoms with Crippen molar-refractivity contribution in [3.63, 3.8) is 0 Å². The van der Waals surface area contributed by atoms with E-state index in [0.29, 0.717) is 11.5 Å². The number of carbonyl (C=O) groups is 1. The van der Waals surface area contributed by atoms with E-state index >= 15 is 0 Å². The number of carboxylic acids is 1. The number of para-hydroxylation sites is 1. The molecule has 0 aliphatic carbocycles. The number of anilines is 2. The molecule has 1 aromatic carbocycles. The van der Waals surface area contributed by atoms with Crippen LogP contribution >= 0.6 is 0 Å². The molecule has 0 saturated carbocycles. The summed E-state index contributed by atoms with van der Waals surface area (Å²) in [5.74, 6) is -0.381. The average molecular weight is 279 g/mol. The highest BCUT2D eigenvalue weighted by Gasteiger charge is 2.08. The zero-order valence-corrected chi connectivity index (χ0v) is 11.4. The van der Waals surface area contributed by atoms with Crippen LogP contribution in [-0.2, 0) is 0 Å². The fourth-order valence-corrected chi connectivity index (χ4v) is 2.14. The number of benzene rings is 1. The van der Waals surface area contributed by atoms with E-state index in [1.54, 1.807) is 25.3 Å². The van der Waals surface area contributed by atoms with Crippen LogP contribution in [0.15, 0.2) is 48.7 Å². The Morgan fingerprint density at radius 3 is 2.76 bits per heavy atom. The van der Waals surface area contributed by atoms with E-state index in [4.69, 9.17) is 5.11 Å². The third-order valence-corrected chi connectivity index (χ3v) is 3.18. The molecule has 0 spiro atoms. The standard InChI is InChI=1S/C16H13N3O2/c1-10-13(16(20)21)6-7-15(18-10)19-12-8-11-4-2-3-5-14(11)17-9-12/h2-9H,1H3,(H,18,19)(H,20,21). The van der Waals surface area contributed by atoms with Crippen molar-refractivity contribution in [1.29, 1.82) is 0 Å².